The van der Waals surface area contributed by atoms with Gasteiger partial charge in [0.2, 0.25) is 0 Å². The highest BCUT2D eigenvalue weighted by Gasteiger charge is 2.26. The van der Waals surface area contributed by atoms with Crippen molar-refractivity contribution in [3.8, 4) is 0 Å². The van der Waals surface area contributed by atoms with Gasteiger partial charge in [-0.1, -0.05) is 31.2 Å². The Balaban J connectivity index is 2.97. The number of benzene rings is 1. The van der Waals surface area contributed by atoms with Gasteiger partial charge < -0.3 is 5.73 Å². The molecule has 114 valence electrons. The van der Waals surface area contributed by atoms with Gasteiger partial charge in [-0.3, -0.25) is 0 Å². The third-order valence-corrected chi connectivity index (χ3v) is 4.75. The average Bonchev–Trinajstić information content (AvgIpc) is 2.33. The summed E-state index contributed by atoms with van der Waals surface area (Å²) in [6.45, 7) is 8.44. The molecule has 0 saturated heterocycles. The first-order valence-electron chi connectivity index (χ1n) is 6.75. The van der Waals surface area contributed by atoms with Crippen LogP contribution in [-0.2, 0) is 23.3 Å². The molecule has 0 unspecified atom stereocenters. The van der Waals surface area contributed by atoms with Crippen molar-refractivity contribution in [2.45, 2.75) is 46.3 Å². The van der Waals surface area contributed by atoms with Gasteiger partial charge in [0.1, 0.15) is 0 Å². The molecule has 1 aromatic carbocycles. The lowest BCUT2D eigenvalue weighted by atomic mass is 10.1. The van der Waals surface area contributed by atoms with E-state index in [9.17, 15) is 8.42 Å². The molecule has 0 atom stereocenters. The summed E-state index contributed by atoms with van der Waals surface area (Å²) in [6.07, 6.45) is 0. The van der Waals surface area contributed by atoms with Crippen LogP contribution in [0.1, 0.15) is 38.8 Å². The van der Waals surface area contributed by atoms with E-state index in [1.165, 1.54) is 4.31 Å². The van der Waals surface area contributed by atoms with Crippen LogP contribution in [0.25, 0.3) is 0 Å². The maximum Gasteiger partial charge on any atom is 0.280 e. The van der Waals surface area contributed by atoms with Crippen LogP contribution >= 0.6 is 0 Å². The molecule has 0 heterocycles. The van der Waals surface area contributed by atoms with Crippen molar-refractivity contribution in [2.24, 2.45) is 5.73 Å². The first kappa shape index (κ1) is 17.1. The zero-order chi connectivity index (χ0) is 15.4. The molecule has 0 fully saturated rings. The number of nitrogens with two attached hydrogens (primary N) is 1. The molecule has 0 aliphatic heterocycles. The van der Waals surface area contributed by atoms with Gasteiger partial charge in [-0.05, 0) is 31.9 Å². The van der Waals surface area contributed by atoms with Crippen molar-refractivity contribution < 1.29 is 8.42 Å². The number of rotatable bonds is 6. The molecule has 6 heteroatoms. The molecule has 1 rings (SSSR count). The van der Waals surface area contributed by atoms with Gasteiger partial charge in [0.15, 0.2) is 0 Å². The van der Waals surface area contributed by atoms with E-state index in [4.69, 9.17) is 5.73 Å². The first-order valence-corrected chi connectivity index (χ1v) is 8.19. The summed E-state index contributed by atoms with van der Waals surface area (Å²) >= 11 is 0. The molecule has 0 aromatic heterocycles. The van der Waals surface area contributed by atoms with Gasteiger partial charge in [-0.25, -0.2) is 0 Å². The van der Waals surface area contributed by atoms with E-state index in [1.807, 2.05) is 52.0 Å². The first-order chi connectivity index (χ1) is 9.19. The minimum Gasteiger partial charge on any atom is -0.326 e. The Bertz CT molecular complexity index is 536. The second kappa shape index (κ2) is 6.67. The predicted molar refractivity (Wildman–Crippen MR) is 82.2 cm³/mol. The maximum atomic E-state index is 12.4. The fraction of sp³-hybridized carbons (Fsp3) is 0.571. The fourth-order valence-electron chi connectivity index (χ4n) is 1.92. The van der Waals surface area contributed by atoms with Crippen molar-refractivity contribution in [1.29, 1.82) is 0 Å². The Morgan fingerprint density at radius 1 is 1.20 bits per heavy atom. The molecule has 3 N–H and O–H groups in total. The fourth-order valence-corrected chi connectivity index (χ4v) is 3.47. The summed E-state index contributed by atoms with van der Waals surface area (Å²) in [5.74, 6) is 0. The van der Waals surface area contributed by atoms with Crippen LogP contribution in [0.3, 0.4) is 0 Å². The molecule has 0 bridgehead atoms. The van der Waals surface area contributed by atoms with Crippen LogP contribution in [-0.4, -0.2) is 24.8 Å². The number of hydrogen-bond acceptors (Lipinski definition) is 3. The molecular formula is C14H25N3O2S. The molecular weight excluding hydrogens is 274 g/mol. The zero-order valence-electron chi connectivity index (χ0n) is 12.7. The molecule has 0 aliphatic rings. The lowest BCUT2D eigenvalue weighted by Gasteiger charge is -2.27. The van der Waals surface area contributed by atoms with Crippen molar-refractivity contribution in [2.75, 3.05) is 6.54 Å². The average molecular weight is 299 g/mol. The standard InChI is InChI=1S/C14H25N3O2S/c1-5-17(20(18,19)16-14(2,3)4)11-13-9-7-6-8-12(13)10-15/h6-9,16H,5,10-11,15H2,1-4H3. The van der Waals surface area contributed by atoms with Crippen LogP contribution in [0.2, 0.25) is 0 Å². The van der Waals surface area contributed by atoms with Gasteiger partial charge in [-0.15, -0.1) is 0 Å². The topological polar surface area (TPSA) is 75.4 Å². The van der Waals surface area contributed by atoms with E-state index in [-0.39, 0.29) is 0 Å². The van der Waals surface area contributed by atoms with Crippen LogP contribution in [0.4, 0.5) is 0 Å². The molecule has 1 aromatic rings. The zero-order valence-corrected chi connectivity index (χ0v) is 13.5. The van der Waals surface area contributed by atoms with Crippen LogP contribution < -0.4 is 10.5 Å². The Hall–Kier alpha value is -0.950. The van der Waals surface area contributed by atoms with Gasteiger partial charge in [0.05, 0.1) is 0 Å². The van der Waals surface area contributed by atoms with Crippen molar-refractivity contribution >= 4 is 10.2 Å². The summed E-state index contributed by atoms with van der Waals surface area (Å²) in [7, 11) is -3.51. The third kappa shape index (κ3) is 4.86. The summed E-state index contributed by atoms with van der Waals surface area (Å²) < 4.78 is 28.8. The van der Waals surface area contributed by atoms with Crippen LogP contribution in [0.5, 0.6) is 0 Å². The predicted octanol–water partition coefficient (Wildman–Crippen LogP) is 1.60. The molecule has 0 radical (unpaired) electrons. The number of nitrogens with one attached hydrogen (secondary N) is 1. The lowest BCUT2D eigenvalue weighted by molar-refractivity contribution is 0.391. The second-order valence-electron chi connectivity index (χ2n) is 5.76. The summed E-state index contributed by atoms with van der Waals surface area (Å²) in [4.78, 5) is 0. The Labute approximate surface area is 122 Å². The molecule has 0 saturated carbocycles. The Morgan fingerprint density at radius 3 is 2.20 bits per heavy atom. The van der Waals surface area contributed by atoms with Gasteiger partial charge in [-0.2, -0.15) is 17.4 Å². The van der Waals surface area contributed by atoms with Crippen molar-refractivity contribution in [3.05, 3.63) is 35.4 Å². The SMILES string of the molecule is CCN(Cc1ccccc1CN)S(=O)(=O)NC(C)(C)C. The molecule has 0 amide bonds. The highest BCUT2D eigenvalue weighted by Crippen LogP contribution is 2.14. The van der Waals surface area contributed by atoms with Gasteiger partial charge in [0, 0.05) is 25.2 Å². The van der Waals surface area contributed by atoms with E-state index in [0.29, 0.717) is 19.6 Å². The highest BCUT2D eigenvalue weighted by atomic mass is 32.2. The summed E-state index contributed by atoms with van der Waals surface area (Å²) in [5, 5.41) is 0. The molecule has 5 nitrogen and oxygen atoms in total. The maximum absolute atomic E-state index is 12.4. The normalized spacial score (nSPS) is 12.9. The Kier molecular flexibility index (Phi) is 5.70. The second-order valence-corrected chi connectivity index (χ2v) is 7.43. The van der Waals surface area contributed by atoms with E-state index < -0.39 is 15.7 Å². The largest absolute Gasteiger partial charge is 0.326 e. The monoisotopic (exact) mass is 299 g/mol. The Morgan fingerprint density at radius 2 is 1.75 bits per heavy atom. The summed E-state index contributed by atoms with van der Waals surface area (Å²) in [5.41, 5.74) is 7.10. The molecule has 20 heavy (non-hydrogen) atoms. The van der Waals surface area contributed by atoms with E-state index in [1.54, 1.807) is 0 Å². The quantitative estimate of drug-likeness (QED) is 0.838. The number of hydrogen-bond donors (Lipinski definition) is 2. The molecule has 0 spiro atoms. The van der Waals surface area contributed by atoms with Crippen LogP contribution in [0.15, 0.2) is 24.3 Å². The van der Waals surface area contributed by atoms with Crippen molar-refractivity contribution in [3.63, 3.8) is 0 Å². The van der Waals surface area contributed by atoms with E-state index in [0.717, 1.165) is 11.1 Å². The van der Waals surface area contributed by atoms with E-state index >= 15 is 0 Å². The van der Waals surface area contributed by atoms with Crippen LogP contribution in [0, 0.1) is 0 Å². The van der Waals surface area contributed by atoms with Crippen molar-refractivity contribution in [1.82, 2.24) is 9.03 Å². The molecule has 0 aliphatic carbocycles. The minimum absolute atomic E-state index is 0.329. The van der Waals surface area contributed by atoms with Gasteiger partial charge in [0.25, 0.3) is 10.2 Å². The van der Waals surface area contributed by atoms with E-state index in [2.05, 4.69) is 4.72 Å². The summed E-state index contributed by atoms with van der Waals surface area (Å²) in [6, 6.07) is 7.64. The number of nitrogens with zero attached hydrogens (tertiary/aromatic N) is 1. The highest BCUT2D eigenvalue weighted by molar-refractivity contribution is 7.87. The smallest absolute Gasteiger partial charge is 0.280 e. The minimum atomic E-state index is -3.51. The van der Waals surface area contributed by atoms with Gasteiger partial charge >= 0.3 is 0 Å². The third-order valence-electron chi connectivity index (χ3n) is 2.81. The lowest BCUT2D eigenvalue weighted by Crippen LogP contribution is -2.48.